The number of nitrogens with zero attached hydrogens (tertiary/aromatic N) is 2. The summed E-state index contributed by atoms with van der Waals surface area (Å²) in [5.74, 6) is -0.500. The maximum Gasteiger partial charge on any atom is 0.308 e. The lowest BCUT2D eigenvalue weighted by molar-refractivity contribution is -0.143. The van der Waals surface area contributed by atoms with Crippen LogP contribution in [0.5, 0.6) is 0 Å². The molecule has 0 bridgehead atoms. The summed E-state index contributed by atoms with van der Waals surface area (Å²) in [4.78, 5) is 11.8. The summed E-state index contributed by atoms with van der Waals surface area (Å²) in [6, 6.07) is 27.3. The monoisotopic (exact) mass is 462 g/mol. The van der Waals surface area contributed by atoms with Crippen molar-refractivity contribution in [1.29, 1.82) is 0 Å². The first kappa shape index (κ1) is 23.9. The highest BCUT2D eigenvalue weighted by Crippen LogP contribution is 2.32. The Morgan fingerprint density at radius 3 is 2.06 bits per heavy atom. The number of benzene rings is 3. The van der Waals surface area contributed by atoms with Gasteiger partial charge in [0.05, 0.1) is 24.9 Å². The highest BCUT2D eigenvalue weighted by molar-refractivity contribution is 7.88. The fourth-order valence-corrected chi connectivity index (χ4v) is 4.25. The summed E-state index contributed by atoms with van der Waals surface area (Å²) in [6.07, 6.45) is 3.89. The number of carbonyl (C=O) groups is 1. The number of carbonyl (C=O) groups excluding carboxylic acids is 1. The summed E-state index contributed by atoms with van der Waals surface area (Å²) < 4.78 is 29.6. The molecule has 1 aliphatic rings. The Kier molecular flexibility index (Phi) is 8.16. The molecule has 4 rings (SSSR count). The van der Waals surface area contributed by atoms with Crippen LogP contribution in [0.1, 0.15) is 23.6 Å². The number of fused-ring (bicyclic) bond motifs is 1. The summed E-state index contributed by atoms with van der Waals surface area (Å²) in [5.41, 5.74) is 4.07. The van der Waals surface area contributed by atoms with E-state index in [2.05, 4.69) is 60.2 Å². The van der Waals surface area contributed by atoms with Crippen LogP contribution in [0.2, 0.25) is 0 Å². The van der Waals surface area contributed by atoms with E-state index in [0.717, 1.165) is 21.8 Å². The average molecular weight is 463 g/mol. The van der Waals surface area contributed by atoms with Gasteiger partial charge in [0.15, 0.2) is 0 Å². The van der Waals surface area contributed by atoms with Crippen molar-refractivity contribution in [3.63, 3.8) is 0 Å². The van der Waals surface area contributed by atoms with Crippen molar-refractivity contribution in [2.45, 2.75) is 12.5 Å². The molecule has 1 unspecified atom stereocenters. The van der Waals surface area contributed by atoms with E-state index >= 15 is 0 Å². The maximum absolute atomic E-state index is 11.8. The summed E-state index contributed by atoms with van der Waals surface area (Å²) >= 11 is 0. The number of ether oxygens (including phenoxy) is 1. The van der Waals surface area contributed by atoms with Gasteiger partial charge >= 0.3 is 5.97 Å². The van der Waals surface area contributed by atoms with Gasteiger partial charge in [-0.15, -0.1) is 0 Å². The molecule has 170 valence electrons. The minimum Gasteiger partial charge on any atom is -0.461 e. The van der Waals surface area contributed by atoms with Crippen molar-refractivity contribution >= 4 is 22.2 Å². The largest absolute Gasteiger partial charge is 0.461 e. The SMILES string of the molecule is C=CCOC(=O)CC1c2ccccc2C=NN1S(C)(=O)=O.c1ccc(-c2ccccc2)cc1. The molecule has 0 spiro atoms. The van der Waals surface area contributed by atoms with Crippen molar-refractivity contribution in [2.75, 3.05) is 12.9 Å². The van der Waals surface area contributed by atoms with Gasteiger partial charge in [-0.1, -0.05) is 97.6 Å². The number of esters is 1. The van der Waals surface area contributed by atoms with Gasteiger partial charge in [-0.2, -0.15) is 9.52 Å². The lowest BCUT2D eigenvalue weighted by atomic mass is 9.98. The molecule has 3 aromatic carbocycles. The molecule has 0 fully saturated rings. The molecular weight excluding hydrogens is 436 g/mol. The van der Waals surface area contributed by atoms with Crippen LogP contribution in [0.25, 0.3) is 11.1 Å². The second kappa shape index (κ2) is 11.2. The van der Waals surface area contributed by atoms with Crippen LogP contribution < -0.4 is 0 Å². The third-order valence-corrected chi connectivity index (χ3v) is 5.90. The molecule has 0 saturated carbocycles. The van der Waals surface area contributed by atoms with Crippen molar-refractivity contribution in [1.82, 2.24) is 4.41 Å². The van der Waals surface area contributed by atoms with Crippen LogP contribution >= 0.6 is 0 Å². The van der Waals surface area contributed by atoms with Gasteiger partial charge in [-0.25, -0.2) is 8.42 Å². The highest BCUT2D eigenvalue weighted by atomic mass is 32.2. The Labute approximate surface area is 194 Å². The predicted molar refractivity (Wildman–Crippen MR) is 131 cm³/mol. The second-order valence-electron chi connectivity index (χ2n) is 7.33. The molecule has 0 radical (unpaired) electrons. The summed E-state index contributed by atoms with van der Waals surface area (Å²) in [5, 5.41) is 3.95. The normalized spacial score (nSPS) is 14.5. The average Bonchev–Trinajstić information content (AvgIpc) is 2.84. The van der Waals surface area contributed by atoms with Gasteiger partial charge in [0.25, 0.3) is 0 Å². The third kappa shape index (κ3) is 6.63. The number of hydrogen-bond donors (Lipinski definition) is 0. The Balaban J connectivity index is 0.000000215. The molecule has 0 saturated heterocycles. The van der Waals surface area contributed by atoms with Gasteiger partial charge in [0.1, 0.15) is 6.61 Å². The summed E-state index contributed by atoms with van der Waals surface area (Å²) in [7, 11) is -3.58. The fourth-order valence-electron chi connectivity index (χ4n) is 3.39. The number of hydrazone groups is 1. The van der Waals surface area contributed by atoms with E-state index in [9.17, 15) is 13.2 Å². The van der Waals surface area contributed by atoms with Crippen LogP contribution in [0, 0.1) is 0 Å². The van der Waals surface area contributed by atoms with E-state index < -0.39 is 22.0 Å². The molecule has 1 heterocycles. The molecule has 33 heavy (non-hydrogen) atoms. The standard InChI is InChI=1S/C14H16N2O4S.C12H10/c1-3-8-20-14(17)9-13-12-7-5-4-6-11(12)10-15-16(13)21(2,18)19;1-3-7-11(8-4-1)12-9-5-2-6-10-12/h3-7,10,13H,1,8-9H2,2H3;1-10H. The molecule has 0 N–H and O–H groups in total. The van der Waals surface area contributed by atoms with Crippen molar-refractivity contribution in [2.24, 2.45) is 5.10 Å². The van der Waals surface area contributed by atoms with Gasteiger partial charge < -0.3 is 4.74 Å². The van der Waals surface area contributed by atoms with Crippen LogP contribution in [0.3, 0.4) is 0 Å². The van der Waals surface area contributed by atoms with Crippen molar-refractivity contribution < 1.29 is 17.9 Å². The molecular formula is C26H26N2O4S. The number of sulfonamides is 1. The van der Waals surface area contributed by atoms with Gasteiger partial charge in [-0.3, -0.25) is 4.79 Å². The van der Waals surface area contributed by atoms with E-state index in [4.69, 9.17) is 4.74 Å². The van der Waals surface area contributed by atoms with Crippen LogP contribution in [-0.2, 0) is 19.6 Å². The zero-order chi connectivity index (χ0) is 23.7. The Morgan fingerprint density at radius 2 is 1.52 bits per heavy atom. The Morgan fingerprint density at radius 1 is 0.970 bits per heavy atom. The van der Waals surface area contributed by atoms with Gasteiger partial charge in [0, 0.05) is 0 Å². The Bertz CT molecular complexity index is 1170. The number of rotatable bonds is 6. The lowest BCUT2D eigenvalue weighted by Gasteiger charge is -2.30. The first-order valence-corrected chi connectivity index (χ1v) is 12.2. The first-order chi connectivity index (χ1) is 15.9. The van der Waals surface area contributed by atoms with Gasteiger partial charge in [0.2, 0.25) is 10.0 Å². The summed E-state index contributed by atoms with van der Waals surface area (Å²) in [6.45, 7) is 3.56. The molecule has 0 amide bonds. The first-order valence-electron chi connectivity index (χ1n) is 10.4. The minimum absolute atomic E-state index is 0.0926. The molecule has 3 aromatic rings. The highest BCUT2D eigenvalue weighted by Gasteiger charge is 2.33. The molecule has 7 heteroatoms. The van der Waals surface area contributed by atoms with E-state index in [-0.39, 0.29) is 13.0 Å². The maximum atomic E-state index is 11.8. The number of hydrogen-bond acceptors (Lipinski definition) is 5. The lowest BCUT2D eigenvalue weighted by Crippen LogP contribution is -2.34. The molecule has 1 atom stereocenters. The topological polar surface area (TPSA) is 76.0 Å². The van der Waals surface area contributed by atoms with E-state index in [1.54, 1.807) is 12.1 Å². The zero-order valence-corrected chi connectivity index (χ0v) is 19.2. The zero-order valence-electron chi connectivity index (χ0n) is 18.4. The third-order valence-electron chi connectivity index (χ3n) is 4.88. The molecule has 0 aliphatic carbocycles. The molecule has 0 aromatic heterocycles. The molecule has 6 nitrogen and oxygen atoms in total. The fraction of sp³-hybridized carbons (Fsp3) is 0.154. The van der Waals surface area contributed by atoms with Crippen molar-refractivity contribution in [3.8, 4) is 11.1 Å². The predicted octanol–water partition coefficient (Wildman–Crippen LogP) is 4.81. The van der Waals surface area contributed by atoms with E-state index in [1.807, 2.05) is 24.3 Å². The quantitative estimate of drug-likeness (QED) is 0.389. The molecule has 1 aliphatic heterocycles. The van der Waals surface area contributed by atoms with Crippen LogP contribution in [0.15, 0.2) is 103 Å². The Hall–Kier alpha value is -3.71. The van der Waals surface area contributed by atoms with E-state index in [1.165, 1.54) is 23.4 Å². The van der Waals surface area contributed by atoms with Crippen LogP contribution in [-0.4, -0.2) is 37.9 Å². The minimum atomic E-state index is -3.58. The van der Waals surface area contributed by atoms with E-state index in [0.29, 0.717) is 0 Å². The van der Waals surface area contributed by atoms with Crippen LogP contribution in [0.4, 0.5) is 0 Å². The van der Waals surface area contributed by atoms with Crippen molar-refractivity contribution in [3.05, 3.63) is 109 Å². The second-order valence-corrected chi connectivity index (χ2v) is 9.17. The van der Waals surface area contributed by atoms with Gasteiger partial charge in [-0.05, 0) is 22.3 Å². The smallest absolute Gasteiger partial charge is 0.308 e.